The Balaban J connectivity index is 1.87. The number of nitrogens with zero attached hydrogens (tertiary/aromatic N) is 1. The van der Waals surface area contributed by atoms with E-state index in [0.717, 1.165) is 39.1 Å². The van der Waals surface area contributed by atoms with Gasteiger partial charge in [0.2, 0.25) is 0 Å². The SMILES string of the molecule is CC(C)N1CCOC(C(O)C2CCCOC2)C1. The van der Waals surface area contributed by atoms with Gasteiger partial charge in [-0.15, -0.1) is 0 Å². The Morgan fingerprint density at radius 2 is 2.12 bits per heavy atom. The first-order valence-electron chi connectivity index (χ1n) is 6.80. The highest BCUT2D eigenvalue weighted by atomic mass is 16.5. The van der Waals surface area contributed by atoms with Crippen LogP contribution in [0.3, 0.4) is 0 Å². The second kappa shape index (κ2) is 6.14. The van der Waals surface area contributed by atoms with E-state index < -0.39 is 0 Å². The fraction of sp³-hybridized carbons (Fsp3) is 1.00. The zero-order chi connectivity index (χ0) is 12.3. The van der Waals surface area contributed by atoms with Gasteiger partial charge in [0, 0.05) is 31.7 Å². The Labute approximate surface area is 104 Å². The average molecular weight is 243 g/mol. The van der Waals surface area contributed by atoms with Crippen LogP contribution in [0.4, 0.5) is 0 Å². The zero-order valence-corrected chi connectivity index (χ0v) is 11.0. The molecule has 0 spiro atoms. The standard InChI is InChI=1S/C13H25NO3/c1-10(2)14-5-7-17-12(8-14)13(15)11-4-3-6-16-9-11/h10-13,15H,3-9H2,1-2H3. The average Bonchev–Trinajstić information content (AvgIpc) is 2.39. The van der Waals surface area contributed by atoms with Crippen LogP contribution in [0, 0.1) is 5.92 Å². The van der Waals surface area contributed by atoms with Crippen LogP contribution in [0.25, 0.3) is 0 Å². The van der Waals surface area contributed by atoms with Crippen molar-refractivity contribution in [3.05, 3.63) is 0 Å². The van der Waals surface area contributed by atoms with Crippen LogP contribution in [0.2, 0.25) is 0 Å². The largest absolute Gasteiger partial charge is 0.390 e. The van der Waals surface area contributed by atoms with Gasteiger partial charge in [-0.1, -0.05) is 0 Å². The Hall–Kier alpha value is -0.160. The Morgan fingerprint density at radius 1 is 1.29 bits per heavy atom. The predicted octanol–water partition coefficient (Wildman–Crippen LogP) is 0.883. The van der Waals surface area contributed by atoms with Gasteiger partial charge in [0.05, 0.1) is 25.4 Å². The molecule has 3 unspecified atom stereocenters. The molecule has 0 saturated carbocycles. The molecule has 0 amide bonds. The molecular weight excluding hydrogens is 218 g/mol. The predicted molar refractivity (Wildman–Crippen MR) is 66.0 cm³/mol. The van der Waals surface area contributed by atoms with E-state index in [0.29, 0.717) is 12.6 Å². The summed E-state index contributed by atoms with van der Waals surface area (Å²) in [6.07, 6.45) is 1.69. The van der Waals surface area contributed by atoms with Crippen LogP contribution in [-0.4, -0.2) is 61.2 Å². The maximum Gasteiger partial charge on any atom is 0.0964 e. The summed E-state index contributed by atoms with van der Waals surface area (Å²) >= 11 is 0. The summed E-state index contributed by atoms with van der Waals surface area (Å²) in [6.45, 7) is 8.46. The molecule has 0 radical (unpaired) electrons. The first-order valence-corrected chi connectivity index (χ1v) is 6.80. The van der Waals surface area contributed by atoms with E-state index >= 15 is 0 Å². The molecule has 2 aliphatic heterocycles. The maximum atomic E-state index is 10.4. The Morgan fingerprint density at radius 3 is 2.76 bits per heavy atom. The highest BCUT2D eigenvalue weighted by Crippen LogP contribution is 2.23. The third-order valence-electron chi connectivity index (χ3n) is 3.91. The van der Waals surface area contributed by atoms with Crippen molar-refractivity contribution < 1.29 is 14.6 Å². The summed E-state index contributed by atoms with van der Waals surface area (Å²) in [5.41, 5.74) is 0. The number of hydrogen-bond acceptors (Lipinski definition) is 4. The number of hydrogen-bond donors (Lipinski definition) is 1. The van der Waals surface area contributed by atoms with E-state index in [1.165, 1.54) is 0 Å². The monoisotopic (exact) mass is 243 g/mol. The first kappa shape index (κ1) is 13.3. The van der Waals surface area contributed by atoms with Crippen LogP contribution in [0.5, 0.6) is 0 Å². The van der Waals surface area contributed by atoms with E-state index in [4.69, 9.17) is 9.47 Å². The van der Waals surface area contributed by atoms with Gasteiger partial charge in [0.1, 0.15) is 0 Å². The summed E-state index contributed by atoms with van der Waals surface area (Å²) in [5.74, 6) is 0.251. The second-order valence-electron chi connectivity index (χ2n) is 5.47. The minimum absolute atomic E-state index is 0.0437. The van der Waals surface area contributed by atoms with Gasteiger partial charge in [-0.25, -0.2) is 0 Å². The lowest BCUT2D eigenvalue weighted by Gasteiger charge is -2.40. The van der Waals surface area contributed by atoms with Gasteiger partial charge in [0.25, 0.3) is 0 Å². The minimum atomic E-state index is -0.378. The van der Waals surface area contributed by atoms with Crippen LogP contribution in [0.15, 0.2) is 0 Å². The summed E-state index contributed by atoms with van der Waals surface area (Å²) in [5, 5.41) is 10.4. The topological polar surface area (TPSA) is 41.9 Å². The number of morpholine rings is 1. The molecule has 2 fully saturated rings. The molecule has 2 rings (SSSR count). The number of aliphatic hydroxyl groups is 1. The van der Waals surface area contributed by atoms with Crippen molar-refractivity contribution in [1.29, 1.82) is 0 Å². The van der Waals surface area contributed by atoms with Gasteiger partial charge >= 0.3 is 0 Å². The van der Waals surface area contributed by atoms with Crippen molar-refractivity contribution >= 4 is 0 Å². The number of aliphatic hydroxyl groups excluding tert-OH is 1. The normalized spacial score (nSPS) is 33.9. The number of ether oxygens (including phenoxy) is 2. The van der Waals surface area contributed by atoms with Crippen molar-refractivity contribution in [3.8, 4) is 0 Å². The molecule has 3 atom stereocenters. The summed E-state index contributed by atoms with van der Waals surface area (Å²) in [6, 6.07) is 0.524. The van der Waals surface area contributed by atoms with Crippen LogP contribution in [-0.2, 0) is 9.47 Å². The number of rotatable bonds is 3. The van der Waals surface area contributed by atoms with Crippen LogP contribution >= 0.6 is 0 Å². The summed E-state index contributed by atoms with van der Waals surface area (Å²) in [7, 11) is 0. The molecular formula is C13H25NO3. The molecule has 2 heterocycles. The molecule has 1 N–H and O–H groups in total. The van der Waals surface area contributed by atoms with E-state index in [1.807, 2.05) is 0 Å². The van der Waals surface area contributed by atoms with E-state index in [2.05, 4.69) is 18.7 Å². The molecule has 2 aliphatic rings. The third kappa shape index (κ3) is 3.41. The van der Waals surface area contributed by atoms with Crippen molar-refractivity contribution in [2.75, 3.05) is 32.9 Å². The second-order valence-corrected chi connectivity index (χ2v) is 5.47. The van der Waals surface area contributed by atoms with E-state index in [9.17, 15) is 5.11 Å². The fourth-order valence-electron chi connectivity index (χ4n) is 2.71. The molecule has 0 aromatic carbocycles. The minimum Gasteiger partial charge on any atom is -0.390 e. The van der Waals surface area contributed by atoms with Crippen molar-refractivity contribution in [2.24, 2.45) is 5.92 Å². The fourth-order valence-corrected chi connectivity index (χ4v) is 2.71. The molecule has 2 saturated heterocycles. The Bertz CT molecular complexity index is 229. The molecule has 0 bridgehead atoms. The highest BCUT2D eigenvalue weighted by molar-refractivity contribution is 4.84. The molecule has 100 valence electrons. The molecule has 4 nitrogen and oxygen atoms in total. The van der Waals surface area contributed by atoms with Gasteiger partial charge in [-0.05, 0) is 26.7 Å². The zero-order valence-electron chi connectivity index (χ0n) is 11.0. The van der Waals surface area contributed by atoms with E-state index in [1.54, 1.807) is 0 Å². The highest BCUT2D eigenvalue weighted by Gasteiger charge is 2.33. The lowest BCUT2D eigenvalue weighted by Crippen LogP contribution is -2.52. The Kier molecular flexibility index (Phi) is 4.79. The first-order chi connectivity index (χ1) is 8.18. The molecule has 17 heavy (non-hydrogen) atoms. The molecule has 4 heteroatoms. The van der Waals surface area contributed by atoms with Crippen LogP contribution < -0.4 is 0 Å². The van der Waals surface area contributed by atoms with Gasteiger partial charge < -0.3 is 14.6 Å². The molecule has 0 aromatic rings. The quantitative estimate of drug-likeness (QED) is 0.799. The molecule has 0 aliphatic carbocycles. The van der Waals surface area contributed by atoms with Crippen molar-refractivity contribution in [3.63, 3.8) is 0 Å². The maximum absolute atomic E-state index is 10.4. The lowest BCUT2D eigenvalue weighted by atomic mass is 9.91. The van der Waals surface area contributed by atoms with Crippen LogP contribution in [0.1, 0.15) is 26.7 Å². The van der Waals surface area contributed by atoms with Gasteiger partial charge in [0.15, 0.2) is 0 Å². The summed E-state index contributed by atoms with van der Waals surface area (Å²) in [4.78, 5) is 2.38. The summed E-state index contributed by atoms with van der Waals surface area (Å²) < 4.78 is 11.2. The van der Waals surface area contributed by atoms with Crippen molar-refractivity contribution in [1.82, 2.24) is 4.90 Å². The third-order valence-corrected chi connectivity index (χ3v) is 3.91. The molecule has 0 aromatic heterocycles. The van der Waals surface area contributed by atoms with Crippen molar-refractivity contribution in [2.45, 2.75) is 44.9 Å². The van der Waals surface area contributed by atoms with Gasteiger partial charge in [-0.2, -0.15) is 0 Å². The van der Waals surface area contributed by atoms with Gasteiger partial charge in [-0.3, -0.25) is 4.90 Å². The van der Waals surface area contributed by atoms with E-state index in [-0.39, 0.29) is 18.1 Å². The smallest absolute Gasteiger partial charge is 0.0964 e. The lowest BCUT2D eigenvalue weighted by molar-refractivity contribution is -0.127.